The highest BCUT2D eigenvalue weighted by molar-refractivity contribution is 6.05. The second kappa shape index (κ2) is 11.7. The molecule has 0 radical (unpaired) electrons. The summed E-state index contributed by atoms with van der Waals surface area (Å²) < 4.78 is 21.8. The van der Waals surface area contributed by atoms with Crippen molar-refractivity contribution in [2.45, 2.75) is 40.0 Å². The Labute approximate surface area is 187 Å². The smallest absolute Gasteiger partial charge is 0.256 e. The topological polar surface area (TPSA) is 95.7 Å². The number of aromatic nitrogens is 2. The normalized spacial score (nSPS) is 10.6. The molecule has 2 aromatic carbocycles. The average molecular weight is 440 g/mol. The van der Waals surface area contributed by atoms with Crippen LogP contribution in [0.5, 0.6) is 17.2 Å². The Morgan fingerprint density at radius 2 is 1.66 bits per heavy atom. The fraction of sp³-hybridized carbons (Fsp3) is 0.375. The van der Waals surface area contributed by atoms with Crippen LogP contribution in [0.2, 0.25) is 0 Å². The van der Waals surface area contributed by atoms with E-state index in [4.69, 9.17) is 18.8 Å². The Kier molecular flexibility index (Phi) is 8.48. The molecule has 3 rings (SSSR count). The van der Waals surface area contributed by atoms with Gasteiger partial charge in [0.15, 0.2) is 17.2 Å². The van der Waals surface area contributed by atoms with E-state index in [1.165, 1.54) is 0 Å². The molecule has 32 heavy (non-hydrogen) atoms. The molecule has 1 N–H and O–H groups in total. The summed E-state index contributed by atoms with van der Waals surface area (Å²) in [6.45, 7) is 7.63. The first kappa shape index (κ1) is 23.1. The third kappa shape index (κ3) is 6.00. The number of amides is 1. The van der Waals surface area contributed by atoms with Crippen molar-refractivity contribution < 1.29 is 23.6 Å². The second-order valence-corrected chi connectivity index (χ2v) is 7.02. The van der Waals surface area contributed by atoms with Crippen LogP contribution >= 0.6 is 0 Å². The molecule has 1 aromatic heterocycles. The molecule has 170 valence electrons. The van der Waals surface area contributed by atoms with Crippen molar-refractivity contribution in [2.24, 2.45) is 0 Å². The molecule has 0 saturated carbocycles. The molecule has 0 aliphatic heterocycles. The molecule has 0 spiro atoms. The first-order valence-corrected chi connectivity index (χ1v) is 10.9. The Hall–Kier alpha value is -3.55. The highest BCUT2D eigenvalue weighted by Gasteiger charge is 2.18. The number of rotatable bonds is 12. The highest BCUT2D eigenvalue weighted by atomic mass is 16.6. The van der Waals surface area contributed by atoms with Crippen molar-refractivity contribution in [1.29, 1.82) is 0 Å². The number of nitrogens with zero attached hydrogens (tertiary/aromatic N) is 2. The number of hydrogen-bond acceptors (Lipinski definition) is 7. The number of carbonyl (C=O) groups is 1. The van der Waals surface area contributed by atoms with Gasteiger partial charge in [0.1, 0.15) is 5.75 Å². The minimum absolute atomic E-state index is 0.224. The van der Waals surface area contributed by atoms with Crippen molar-refractivity contribution >= 4 is 11.7 Å². The molecule has 0 aliphatic carbocycles. The van der Waals surface area contributed by atoms with Gasteiger partial charge in [-0.25, -0.2) is 4.63 Å². The van der Waals surface area contributed by atoms with Crippen LogP contribution in [0.15, 0.2) is 47.1 Å². The van der Waals surface area contributed by atoms with Crippen molar-refractivity contribution in [2.75, 3.05) is 25.1 Å². The monoisotopic (exact) mass is 439 g/mol. The molecule has 1 amide bonds. The van der Waals surface area contributed by atoms with Gasteiger partial charge in [0.2, 0.25) is 5.82 Å². The van der Waals surface area contributed by atoms with Crippen LogP contribution in [-0.4, -0.2) is 36.0 Å². The molecule has 8 heteroatoms. The van der Waals surface area contributed by atoms with Gasteiger partial charge in [-0.1, -0.05) is 19.8 Å². The van der Waals surface area contributed by atoms with E-state index in [0.29, 0.717) is 48.1 Å². The first-order valence-electron chi connectivity index (χ1n) is 10.9. The van der Waals surface area contributed by atoms with Crippen molar-refractivity contribution in [1.82, 2.24) is 10.3 Å². The van der Waals surface area contributed by atoms with Gasteiger partial charge in [-0.15, -0.1) is 0 Å². The lowest BCUT2D eigenvalue weighted by atomic mass is 10.1. The van der Waals surface area contributed by atoms with Gasteiger partial charge in [-0.05, 0) is 73.0 Å². The van der Waals surface area contributed by atoms with Crippen LogP contribution in [0.25, 0.3) is 11.3 Å². The van der Waals surface area contributed by atoms with Crippen LogP contribution < -0.4 is 19.5 Å². The first-order chi connectivity index (χ1) is 15.7. The van der Waals surface area contributed by atoms with Gasteiger partial charge < -0.3 is 19.5 Å². The number of hydrogen-bond donors (Lipinski definition) is 1. The van der Waals surface area contributed by atoms with Crippen LogP contribution in [-0.2, 0) is 0 Å². The number of ether oxygens (including phenoxy) is 3. The molecule has 3 aromatic rings. The summed E-state index contributed by atoms with van der Waals surface area (Å²) in [5.74, 6) is 1.86. The van der Waals surface area contributed by atoms with Gasteiger partial charge >= 0.3 is 0 Å². The Balaban J connectivity index is 1.70. The van der Waals surface area contributed by atoms with Crippen molar-refractivity contribution in [3.63, 3.8) is 0 Å². The van der Waals surface area contributed by atoms with Gasteiger partial charge in [-0.3, -0.25) is 4.79 Å². The number of nitrogens with one attached hydrogen (secondary N) is 1. The summed E-state index contributed by atoms with van der Waals surface area (Å²) in [4.78, 5) is 12.7. The zero-order chi connectivity index (χ0) is 22.8. The van der Waals surface area contributed by atoms with Crippen molar-refractivity contribution in [3.8, 4) is 28.5 Å². The summed E-state index contributed by atoms with van der Waals surface area (Å²) in [7, 11) is 0. The lowest BCUT2D eigenvalue weighted by molar-refractivity contribution is 0.102. The minimum Gasteiger partial charge on any atom is -0.494 e. The number of anilines is 1. The molecule has 0 fully saturated rings. The van der Waals surface area contributed by atoms with Gasteiger partial charge in [0, 0.05) is 11.1 Å². The zero-order valence-electron chi connectivity index (χ0n) is 18.7. The predicted molar refractivity (Wildman–Crippen MR) is 121 cm³/mol. The molecule has 0 aliphatic rings. The molecular weight excluding hydrogens is 410 g/mol. The number of unbranched alkanes of at least 4 members (excludes halogenated alkanes) is 2. The van der Waals surface area contributed by atoms with Gasteiger partial charge in [0.25, 0.3) is 5.91 Å². The second-order valence-electron chi connectivity index (χ2n) is 7.02. The quantitative estimate of drug-likeness (QED) is 0.380. The van der Waals surface area contributed by atoms with Gasteiger partial charge in [-0.2, -0.15) is 0 Å². The number of carbonyl (C=O) groups excluding carboxylic acids is 1. The third-order valence-electron chi connectivity index (χ3n) is 4.67. The fourth-order valence-electron chi connectivity index (χ4n) is 3.08. The highest BCUT2D eigenvalue weighted by Crippen LogP contribution is 2.34. The lowest BCUT2D eigenvalue weighted by Gasteiger charge is -2.12. The molecule has 0 bridgehead atoms. The van der Waals surface area contributed by atoms with Crippen LogP contribution in [0.3, 0.4) is 0 Å². The summed E-state index contributed by atoms with van der Waals surface area (Å²) in [6, 6.07) is 12.4. The van der Waals surface area contributed by atoms with E-state index in [1.807, 2.05) is 19.9 Å². The Bertz CT molecular complexity index is 1000. The minimum atomic E-state index is -0.324. The van der Waals surface area contributed by atoms with E-state index in [0.717, 1.165) is 25.0 Å². The maximum absolute atomic E-state index is 12.7. The van der Waals surface area contributed by atoms with E-state index >= 15 is 0 Å². The molecule has 8 nitrogen and oxygen atoms in total. The van der Waals surface area contributed by atoms with E-state index in [1.54, 1.807) is 36.4 Å². The van der Waals surface area contributed by atoms with E-state index in [9.17, 15) is 4.79 Å². The summed E-state index contributed by atoms with van der Waals surface area (Å²) >= 11 is 0. The van der Waals surface area contributed by atoms with E-state index in [-0.39, 0.29) is 11.7 Å². The molecule has 0 saturated heterocycles. The summed E-state index contributed by atoms with van der Waals surface area (Å²) in [5.41, 5.74) is 1.56. The Morgan fingerprint density at radius 3 is 2.38 bits per heavy atom. The molecule has 1 heterocycles. The lowest BCUT2D eigenvalue weighted by Crippen LogP contribution is -2.12. The van der Waals surface area contributed by atoms with Crippen molar-refractivity contribution in [3.05, 3.63) is 48.0 Å². The predicted octanol–water partition coefficient (Wildman–Crippen LogP) is 5.36. The van der Waals surface area contributed by atoms with E-state index in [2.05, 4.69) is 22.6 Å². The summed E-state index contributed by atoms with van der Waals surface area (Å²) in [6.07, 6.45) is 3.29. The maximum Gasteiger partial charge on any atom is 0.256 e. The summed E-state index contributed by atoms with van der Waals surface area (Å²) in [5, 5.41) is 10.6. The van der Waals surface area contributed by atoms with Crippen LogP contribution in [0.1, 0.15) is 50.4 Å². The fourth-order valence-corrected chi connectivity index (χ4v) is 3.08. The van der Waals surface area contributed by atoms with E-state index < -0.39 is 0 Å². The average Bonchev–Trinajstić information content (AvgIpc) is 3.26. The SMILES string of the molecule is CCCCCOc1ccc(C(=O)Nc2nonc2-c2ccc(OCC)c(OCC)c2)cc1. The maximum atomic E-state index is 12.7. The largest absolute Gasteiger partial charge is 0.494 e. The van der Waals surface area contributed by atoms with Gasteiger partial charge in [0.05, 0.1) is 19.8 Å². The molecule has 0 unspecified atom stereocenters. The third-order valence-corrected chi connectivity index (χ3v) is 4.67. The standard InChI is InChI=1S/C24H29N3O5/c1-4-7-8-15-31-19-12-9-17(10-13-19)24(28)25-23-22(26-32-27-23)18-11-14-20(29-5-2)21(16-18)30-6-3/h9-14,16H,4-8,15H2,1-3H3,(H,25,27,28). The zero-order valence-corrected chi connectivity index (χ0v) is 18.7. The molecular formula is C24H29N3O5. The van der Waals surface area contributed by atoms with Crippen LogP contribution in [0.4, 0.5) is 5.82 Å². The Morgan fingerprint density at radius 1 is 0.906 bits per heavy atom. The molecule has 0 atom stereocenters. The van der Waals surface area contributed by atoms with Crippen LogP contribution in [0, 0.1) is 0 Å². The number of benzene rings is 2.